The summed E-state index contributed by atoms with van der Waals surface area (Å²) in [5, 5.41) is 2.33. The number of hydrogen-bond acceptors (Lipinski definition) is 3. The zero-order valence-electron chi connectivity index (χ0n) is 8.84. The van der Waals surface area contributed by atoms with Gasteiger partial charge in [0.25, 0.3) is 0 Å². The molecule has 94 valence electrons. The lowest BCUT2D eigenvalue weighted by atomic mass is 10.5. The molecular formula is C9H14F3NO3. The zero-order valence-corrected chi connectivity index (χ0v) is 8.84. The maximum Gasteiger partial charge on any atom is 0.411 e. The van der Waals surface area contributed by atoms with Gasteiger partial charge in [-0.05, 0) is 6.92 Å². The van der Waals surface area contributed by atoms with Gasteiger partial charge in [-0.15, -0.1) is 0 Å². The van der Waals surface area contributed by atoms with E-state index >= 15 is 0 Å². The molecule has 7 heteroatoms. The highest BCUT2D eigenvalue weighted by Gasteiger charge is 2.27. The largest absolute Gasteiger partial charge is 0.501 e. The minimum atomic E-state index is -4.33. The molecule has 0 aromatic rings. The van der Waals surface area contributed by atoms with Crippen molar-refractivity contribution < 1.29 is 27.4 Å². The van der Waals surface area contributed by atoms with Crippen LogP contribution in [0.2, 0.25) is 0 Å². The summed E-state index contributed by atoms with van der Waals surface area (Å²) in [6.07, 6.45) is -1.97. The van der Waals surface area contributed by atoms with Crippen molar-refractivity contribution in [2.75, 3.05) is 26.4 Å². The Balaban J connectivity index is 3.41. The average Bonchev–Trinajstić information content (AvgIpc) is 2.16. The molecule has 0 aromatic heterocycles. The molecule has 0 radical (unpaired) electrons. The van der Waals surface area contributed by atoms with Crippen molar-refractivity contribution in [3.8, 4) is 0 Å². The summed E-state index contributed by atoms with van der Waals surface area (Å²) in [7, 11) is 0. The summed E-state index contributed by atoms with van der Waals surface area (Å²) < 4.78 is 43.9. The van der Waals surface area contributed by atoms with E-state index in [1.807, 2.05) is 0 Å². The Morgan fingerprint density at radius 3 is 2.69 bits per heavy atom. The van der Waals surface area contributed by atoms with Gasteiger partial charge in [-0.3, -0.25) is 4.79 Å². The first-order valence-electron chi connectivity index (χ1n) is 4.66. The third kappa shape index (κ3) is 10.8. The highest BCUT2D eigenvalue weighted by Crippen LogP contribution is 2.13. The van der Waals surface area contributed by atoms with E-state index in [0.29, 0.717) is 6.61 Å². The van der Waals surface area contributed by atoms with Crippen LogP contribution in [0.25, 0.3) is 0 Å². The van der Waals surface area contributed by atoms with Gasteiger partial charge in [0.1, 0.15) is 6.61 Å². The lowest BCUT2D eigenvalue weighted by Crippen LogP contribution is -2.27. The predicted molar refractivity (Wildman–Crippen MR) is 50.6 cm³/mol. The molecule has 0 saturated heterocycles. The molecule has 0 aliphatic heterocycles. The maximum absolute atomic E-state index is 11.6. The van der Waals surface area contributed by atoms with Crippen LogP contribution in [-0.2, 0) is 14.3 Å². The molecule has 0 fully saturated rings. The van der Waals surface area contributed by atoms with Crippen molar-refractivity contribution in [1.29, 1.82) is 0 Å². The molecule has 0 saturated carbocycles. The standard InChI is InChI=1S/C9H14F3NO3/c1-2-15-5-3-8(14)13-4-6-16-7-9(10,11)12/h3,5H,2,4,6-7H2,1H3,(H,13,14)/b5-3+. The van der Waals surface area contributed by atoms with Crippen LogP contribution in [-0.4, -0.2) is 38.4 Å². The number of hydrogen-bond donors (Lipinski definition) is 1. The van der Waals surface area contributed by atoms with E-state index in [0.717, 1.165) is 6.08 Å². The normalized spacial score (nSPS) is 11.8. The van der Waals surface area contributed by atoms with Gasteiger partial charge in [0, 0.05) is 12.6 Å². The molecule has 0 bridgehead atoms. The zero-order chi connectivity index (χ0) is 12.4. The van der Waals surface area contributed by atoms with Crippen LogP contribution in [0.1, 0.15) is 6.92 Å². The van der Waals surface area contributed by atoms with Gasteiger partial charge in [-0.2, -0.15) is 13.2 Å². The molecular weight excluding hydrogens is 227 g/mol. The van der Waals surface area contributed by atoms with Crippen LogP contribution in [0, 0.1) is 0 Å². The van der Waals surface area contributed by atoms with Crippen molar-refractivity contribution in [2.24, 2.45) is 0 Å². The number of nitrogens with one attached hydrogen (secondary N) is 1. The minimum absolute atomic E-state index is 0.0192. The molecule has 0 aromatic carbocycles. The van der Waals surface area contributed by atoms with Gasteiger partial charge in [-0.25, -0.2) is 0 Å². The van der Waals surface area contributed by atoms with E-state index in [9.17, 15) is 18.0 Å². The minimum Gasteiger partial charge on any atom is -0.501 e. The van der Waals surface area contributed by atoms with Gasteiger partial charge in [-0.1, -0.05) is 0 Å². The SMILES string of the molecule is CCO/C=C/C(=O)NCCOCC(F)(F)F. The first kappa shape index (κ1) is 14.8. The van der Waals surface area contributed by atoms with Crippen molar-refractivity contribution in [3.63, 3.8) is 0 Å². The fourth-order valence-corrected chi connectivity index (χ4v) is 0.699. The Morgan fingerprint density at radius 1 is 1.44 bits per heavy atom. The molecule has 0 aliphatic rings. The Hall–Kier alpha value is -1.24. The maximum atomic E-state index is 11.6. The second-order valence-electron chi connectivity index (χ2n) is 2.72. The van der Waals surface area contributed by atoms with Crippen LogP contribution < -0.4 is 5.32 Å². The van der Waals surface area contributed by atoms with Crippen molar-refractivity contribution >= 4 is 5.91 Å². The van der Waals surface area contributed by atoms with Crippen LogP contribution in [0.3, 0.4) is 0 Å². The molecule has 0 atom stereocenters. The Bertz CT molecular complexity index is 229. The van der Waals surface area contributed by atoms with Crippen LogP contribution >= 0.6 is 0 Å². The van der Waals surface area contributed by atoms with Gasteiger partial charge in [0.05, 0.1) is 19.5 Å². The second kappa shape index (κ2) is 7.98. The number of rotatable bonds is 7. The fourth-order valence-electron chi connectivity index (χ4n) is 0.699. The molecule has 1 amide bonds. The number of alkyl halides is 3. The van der Waals surface area contributed by atoms with E-state index in [-0.39, 0.29) is 13.2 Å². The van der Waals surface area contributed by atoms with E-state index in [2.05, 4.69) is 10.1 Å². The van der Waals surface area contributed by atoms with Crippen molar-refractivity contribution in [1.82, 2.24) is 5.32 Å². The lowest BCUT2D eigenvalue weighted by molar-refractivity contribution is -0.173. The second-order valence-corrected chi connectivity index (χ2v) is 2.72. The summed E-state index contributed by atoms with van der Waals surface area (Å²) in [6, 6.07) is 0. The molecule has 0 aliphatic carbocycles. The first-order chi connectivity index (χ1) is 7.45. The molecule has 0 rings (SSSR count). The topological polar surface area (TPSA) is 47.6 Å². The summed E-state index contributed by atoms with van der Waals surface area (Å²) in [5.74, 6) is -0.441. The van der Waals surface area contributed by atoms with Gasteiger partial charge in [0.2, 0.25) is 5.91 Å². The number of halogens is 3. The van der Waals surface area contributed by atoms with Crippen molar-refractivity contribution in [3.05, 3.63) is 12.3 Å². The van der Waals surface area contributed by atoms with E-state index in [1.165, 1.54) is 6.26 Å². The van der Waals surface area contributed by atoms with Gasteiger partial charge in [0.15, 0.2) is 0 Å². The quantitative estimate of drug-likeness (QED) is 0.414. The lowest BCUT2D eigenvalue weighted by Gasteiger charge is -2.07. The molecule has 0 spiro atoms. The number of amides is 1. The smallest absolute Gasteiger partial charge is 0.411 e. The Kier molecular flexibility index (Phi) is 7.36. The third-order valence-corrected chi connectivity index (χ3v) is 1.29. The van der Waals surface area contributed by atoms with E-state index in [1.54, 1.807) is 6.92 Å². The molecule has 4 nitrogen and oxygen atoms in total. The fraction of sp³-hybridized carbons (Fsp3) is 0.667. The summed E-state index contributed by atoms with van der Waals surface area (Å²) >= 11 is 0. The van der Waals surface area contributed by atoms with Gasteiger partial charge >= 0.3 is 6.18 Å². The number of carbonyl (C=O) groups excluding carboxylic acids is 1. The van der Waals surface area contributed by atoms with Crippen LogP contribution in [0.5, 0.6) is 0 Å². The summed E-state index contributed by atoms with van der Waals surface area (Å²) in [4.78, 5) is 10.9. The summed E-state index contributed by atoms with van der Waals surface area (Å²) in [6.45, 7) is 0.725. The average molecular weight is 241 g/mol. The van der Waals surface area contributed by atoms with Gasteiger partial charge < -0.3 is 14.8 Å². The number of carbonyl (C=O) groups is 1. The highest BCUT2D eigenvalue weighted by molar-refractivity contribution is 5.87. The molecule has 1 N–H and O–H groups in total. The molecule has 0 unspecified atom stereocenters. The summed E-state index contributed by atoms with van der Waals surface area (Å²) in [5.41, 5.74) is 0. The third-order valence-electron chi connectivity index (χ3n) is 1.29. The molecule has 16 heavy (non-hydrogen) atoms. The van der Waals surface area contributed by atoms with E-state index in [4.69, 9.17) is 4.74 Å². The van der Waals surface area contributed by atoms with Crippen LogP contribution in [0.15, 0.2) is 12.3 Å². The number of ether oxygens (including phenoxy) is 2. The predicted octanol–water partition coefficient (Wildman–Crippen LogP) is 1.23. The molecule has 0 heterocycles. The van der Waals surface area contributed by atoms with E-state index < -0.39 is 18.7 Å². The monoisotopic (exact) mass is 241 g/mol. The Labute approximate surface area is 91.4 Å². The highest BCUT2D eigenvalue weighted by atomic mass is 19.4. The first-order valence-corrected chi connectivity index (χ1v) is 4.66. The van der Waals surface area contributed by atoms with Crippen LogP contribution in [0.4, 0.5) is 13.2 Å². The Morgan fingerprint density at radius 2 is 2.12 bits per heavy atom. The van der Waals surface area contributed by atoms with Crippen molar-refractivity contribution in [2.45, 2.75) is 13.1 Å².